The zero-order chi connectivity index (χ0) is 12.9. The Hall–Kier alpha value is -0.0800. The molecule has 1 saturated heterocycles. The van der Waals surface area contributed by atoms with Crippen molar-refractivity contribution in [3.63, 3.8) is 0 Å². The van der Waals surface area contributed by atoms with Crippen molar-refractivity contribution in [1.29, 1.82) is 0 Å². The van der Waals surface area contributed by atoms with E-state index in [1.54, 1.807) is 0 Å². The summed E-state index contributed by atoms with van der Waals surface area (Å²) in [5.41, 5.74) is 0.269. The fraction of sp³-hybridized carbons (Fsp3) is 1.00. The lowest BCUT2D eigenvalue weighted by Crippen LogP contribution is -2.39. The van der Waals surface area contributed by atoms with E-state index in [1.165, 1.54) is 45.4 Å². The highest BCUT2D eigenvalue weighted by molar-refractivity contribution is 4.80. The molecule has 0 spiro atoms. The average molecular weight is 240 g/mol. The first kappa shape index (κ1) is 15.0. The van der Waals surface area contributed by atoms with E-state index in [0.717, 1.165) is 11.8 Å². The van der Waals surface area contributed by atoms with E-state index in [2.05, 4.69) is 44.8 Å². The van der Waals surface area contributed by atoms with Crippen molar-refractivity contribution in [3.8, 4) is 0 Å². The van der Waals surface area contributed by atoms with Gasteiger partial charge in [-0.15, -0.1) is 0 Å². The second-order valence-electron chi connectivity index (χ2n) is 7.12. The van der Waals surface area contributed by atoms with Gasteiger partial charge in [0.05, 0.1) is 0 Å². The third-order valence-corrected chi connectivity index (χ3v) is 3.55. The van der Waals surface area contributed by atoms with Crippen molar-refractivity contribution in [2.75, 3.05) is 26.2 Å². The smallest absolute Gasteiger partial charge is 0.00966 e. The van der Waals surface area contributed by atoms with Crippen molar-refractivity contribution in [2.45, 2.75) is 59.4 Å². The Morgan fingerprint density at radius 1 is 1.29 bits per heavy atom. The number of hydrogen-bond donors (Lipinski definition) is 1. The Labute approximate surface area is 108 Å². The van der Waals surface area contributed by atoms with Gasteiger partial charge in [-0.3, -0.25) is 0 Å². The van der Waals surface area contributed by atoms with E-state index in [-0.39, 0.29) is 5.54 Å². The van der Waals surface area contributed by atoms with Crippen LogP contribution in [0.15, 0.2) is 0 Å². The number of nitrogens with zero attached hydrogens (tertiary/aromatic N) is 1. The first-order valence-corrected chi connectivity index (χ1v) is 7.34. The molecular formula is C15H32N2. The summed E-state index contributed by atoms with van der Waals surface area (Å²) in [7, 11) is 0. The van der Waals surface area contributed by atoms with Crippen molar-refractivity contribution in [1.82, 2.24) is 10.2 Å². The van der Waals surface area contributed by atoms with Crippen LogP contribution < -0.4 is 5.32 Å². The summed E-state index contributed by atoms with van der Waals surface area (Å²) < 4.78 is 0. The zero-order valence-corrected chi connectivity index (χ0v) is 12.6. The van der Waals surface area contributed by atoms with Gasteiger partial charge < -0.3 is 10.2 Å². The van der Waals surface area contributed by atoms with Crippen LogP contribution in [0.25, 0.3) is 0 Å². The molecular weight excluding hydrogens is 208 g/mol. The maximum atomic E-state index is 3.63. The standard InChI is InChI=1S/C15H32N2/c1-13(2)7-6-9-17-10-8-14(12-17)11-16-15(3,4)5/h13-14,16H,6-12H2,1-5H3. The van der Waals surface area contributed by atoms with Crippen LogP contribution in [0, 0.1) is 11.8 Å². The van der Waals surface area contributed by atoms with Crippen LogP contribution >= 0.6 is 0 Å². The van der Waals surface area contributed by atoms with Gasteiger partial charge in [0.1, 0.15) is 0 Å². The van der Waals surface area contributed by atoms with Crippen LogP contribution in [0.4, 0.5) is 0 Å². The molecule has 1 atom stereocenters. The second kappa shape index (κ2) is 6.75. The lowest BCUT2D eigenvalue weighted by atomic mass is 10.1. The lowest BCUT2D eigenvalue weighted by Gasteiger charge is -2.23. The van der Waals surface area contributed by atoms with Crippen molar-refractivity contribution < 1.29 is 0 Å². The summed E-state index contributed by atoms with van der Waals surface area (Å²) in [6.45, 7) is 16.5. The van der Waals surface area contributed by atoms with Crippen molar-refractivity contribution in [3.05, 3.63) is 0 Å². The molecule has 0 aromatic carbocycles. The summed E-state index contributed by atoms with van der Waals surface area (Å²) in [5, 5.41) is 3.63. The van der Waals surface area contributed by atoms with Crippen molar-refractivity contribution in [2.24, 2.45) is 11.8 Å². The average Bonchev–Trinajstić information content (AvgIpc) is 2.61. The van der Waals surface area contributed by atoms with Crippen molar-refractivity contribution >= 4 is 0 Å². The van der Waals surface area contributed by atoms with Crippen LogP contribution in [0.5, 0.6) is 0 Å². The fourth-order valence-corrected chi connectivity index (χ4v) is 2.46. The normalized spacial score (nSPS) is 22.6. The lowest BCUT2D eigenvalue weighted by molar-refractivity contribution is 0.299. The number of likely N-dealkylation sites (tertiary alicyclic amines) is 1. The Balaban J connectivity index is 2.10. The summed E-state index contributed by atoms with van der Waals surface area (Å²) in [5.74, 6) is 1.73. The molecule has 1 heterocycles. The molecule has 1 rings (SSSR count). The quantitative estimate of drug-likeness (QED) is 0.767. The molecule has 0 amide bonds. The molecule has 0 saturated carbocycles. The van der Waals surface area contributed by atoms with Gasteiger partial charge in [0.15, 0.2) is 0 Å². The van der Waals surface area contributed by atoms with E-state index in [1.807, 2.05) is 0 Å². The predicted molar refractivity (Wildman–Crippen MR) is 76.4 cm³/mol. The van der Waals surface area contributed by atoms with E-state index in [4.69, 9.17) is 0 Å². The number of hydrogen-bond acceptors (Lipinski definition) is 2. The Morgan fingerprint density at radius 3 is 2.59 bits per heavy atom. The molecule has 0 radical (unpaired) electrons. The molecule has 17 heavy (non-hydrogen) atoms. The van der Waals surface area contributed by atoms with Gasteiger partial charge in [-0.25, -0.2) is 0 Å². The number of nitrogens with one attached hydrogen (secondary N) is 1. The van der Waals surface area contributed by atoms with Gasteiger partial charge in [0.2, 0.25) is 0 Å². The maximum Gasteiger partial charge on any atom is 0.00966 e. The molecule has 1 aliphatic rings. The van der Waals surface area contributed by atoms with Crippen LogP contribution in [0.2, 0.25) is 0 Å². The fourth-order valence-electron chi connectivity index (χ4n) is 2.46. The van der Waals surface area contributed by atoms with E-state index in [9.17, 15) is 0 Å². The third-order valence-electron chi connectivity index (χ3n) is 3.55. The Kier molecular flexibility index (Phi) is 5.94. The Morgan fingerprint density at radius 2 is 2.00 bits per heavy atom. The molecule has 1 N–H and O–H groups in total. The maximum absolute atomic E-state index is 3.63. The minimum Gasteiger partial charge on any atom is -0.312 e. The molecule has 1 unspecified atom stereocenters. The van der Waals surface area contributed by atoms with Crippen LogP contribution in [0.1, 0.15) is 53.9 Å². The minimum atomic E-state index is 0.269. The van der Waals surface area contributed by atoms with E-state index >= 15 is 0 Å². The van der Waals surface area contributed by atoms with Gasteiger partial charge in [-0.05, 0) is 71.5 Å². The highest BCUT2D eigenvalue weighted by Gasteiger charge is 2.23. The molecule has 0 aliphatic carbocycles. The predicted octanol–water partition coefficient (Wildman–Crippen LogP) is 3.13. The molecule has 102 valence electrons. The summed E-state index contributed by atoms with van der Waals surface area (Å²) >= 11 is 0. The topological polar surface area (TPSA) is 15.3 Å². The molecule has 1 fully saturated rings. The minimum absolute atomic E-state index is 0.269. The van der Waals surface area contributed by atoms with Crippen LogP contribution in [-0.2, 0) is 0 Å². The van der Waals surface area contributed by atoms with E-state index < -0.39 is 0 Å². The Bertz CT molecular complexity index is 205. The van der Waals surface area contributed by atoms with Gasteiger partial charge in [0, 0.05) is 12.1 Å². The SMILES string of the molecule is CC(C)CCCN1CCC(CNC(C)(C)C)C1. The van der Waals surface area contributed by atoms with E-state index in [0.29, 0.717) is 0 Å². The second-order valence-corrected chi connectivity index (χ2v) is 7.12. The van der Waals surface area contributed by atoms with Gasteiger partial charge in [-0.1, -0.05) is 13.8 Å². The third kappa shape index (κ3) is 7.05. The number of rotatable bonds is 6. The summed E-state index contributed by atoms with van der Waals surface area (Å²) in [6, 6.07) is 0. The first-order chi connectivity index (χ1) is 7.87. The summed E-state index contributed by atoms with van der Waals surface area (Å²) in [4.78, 5) is 2.65. The zero-order valence-electron chi connectivity index (χ0n) is 12.6. The highest BCUT2D eigenvalue weighted by atomic mass is 15.1. The molecule has 2 heteroatoms. The first-order valence-electron chi connectivity index (χ1n) is 7.34. The molecule has 0 aromatic rings. The van der Waals surface area contributed by atoms with Gasteiger partial charge in [0.25, 0.3) is 0 Å². The molecule has 0 aromatic heterocycles. The largest absolute Gasteiger partial charge is 0.312 e. The monoisotopic (exact) mass is 240 g/mol. The van der Waals surface area contributed by atoms with Crippen LogP contribution in [-0.4, -0.2) is 36.6 Å². The highest BCUT2D eigenvalue weighted by Crippen LogP contribution is 2.17. The van der Waals surface area contributed by atoms with Gasteiger partial charge in [-0.2, -0.15) is 0 Å². The molecule has 0 bridgehead atoms. The molecule has 2 nitrogen and oxygen atoms in total. The molecule has 1 aliphatic heterocycles. The summed E-state index contributed by atoms with van der Waals surface area (Å²) in [6.07, 6.45) is 4.13. The van der Waals surface area contributed by atoms with Crippen LogP contribution in [0.3, 0.4) is 0 Å². The van der Waals surface area contributed by atoms with Gasteiger partial charge >= 0.3 is 0 Å².